The SMILES string of the molecule is Cc1nn(-c2ccccc2)c(C)c1C(=O)C(=O)OCC(=O)Nc1cccc([N+](=O)[O-])c1C. The molecule has 10 nitrogen and oxygen atoms in total. The van der Waals surface area contributed by atoms with Crippen molar-refractivity contribution in [3.05, 3.63) is 81.2 Å². The molecule has 1 amide bonds. The van der Waals surface area contributed by atoms with Crippen LogP contribution in [0.5, 0.6) is 0 Å². The lowest BCUT2D eigenvalue weighted by Crippen LogP contribution is -2.26. The van der Waals surface area contributed by atoms with Crippen LogP contribution in [-0.2, 0) is 14.3 Å². The lowest BCUT2D eigenvalue weighted by molar-refractivity contribution is -0.385. The highest BCUT2D eigenvalue weighted by atomic mass is 16.6. The van der Waals surface area contributed by atoms with E-state index in [1.807, 2.05) is 30.3 Å². The number of esters is 1. The first-order chi connectivity index (χ1) is 15.2. The number of ether oxygens (including phenoxy) is 1. The molecule has 3 aromatic rings. The van der Waals surface area contributed by atoms with Crippen molar-refractivity contribution in [3.8, 4) is 5.69 Å². The first-order valence-corrected chi connectivity index (χ1v) is 9.57. The molecule has 1 heterocycles. The molecular formula is C22H20N4O6. The van der Waals surface area contributed by atoms with Crippen molar-refractivity contribution in [3.63, 3.8) is 0 Å². The zero-order chi connectivity index (χ0) is 23.4. The average Bonchev–Trinajstić information content (AvgIpc) is 3.07. The van der Waals surface area contributed by atoms with Gasteiger partial charge in [0.25, 0.3) is 17.4 Å². The predicted octanol–water partition coefficient (Wildman–Crippen LogP) is 3.07. The second kappa shape index (κ2) is 9.21. The topological polar surface area (TPSA) is 133 Å². The van der Waals surface area contributed by atoms with E-state index < -0.39 is 29.2 Å². The second-order valence-corrected chi connectivity index (χ2v) is 6.95. The van der Waals surface area contributed by atoms with Crippen LogP contribution in [0.15, 0.2) is 48.5 Å². The van der Waals surface area contributed by atoms with Gasteiger partial charge in [0.05, 0.1) is 38.8 Å². The minimum absolute atomic E-state index is 0.105. The Bertz CT molecular complexity index is 1220. The Morgan fingerprint density at radius 3 is 2.41 bits per heavy atom. The van der Waals surface area contributed by atoms with Gasteiger partial charge in [-0.1, -0.05) is 24.3 Å². The Morgan fingerprint density at radius 1 is 1.06 bits per heavy atom. The molecule has 1 N–H and O–H groups in total. The number of aryl methyl sites for hydroxylation is 1. The summed E-state index contributed by atoms with van der Waals surface area (Å²) < 4.78 is 6.41. The molecule has 0 bridgehead atoms. The third-order valence-electron chi connectivity index (χ3n) is 4.81. The summed E-state index contributed by atoms with van der Waals surface area (Å²) in [7, 11) is 0. The summed E-state index contributed by atoms with van der Waals surface area (Å²) in [6.07, 6.45) is 0. The minimum atomic E-state index is -1.20. The fraction of sp³-hybridized carbons (Fsp3) is 0.182. The smallest absolute Gasteiger partial charge is 0.380 e. The molecule has 0 aliphatic carbocycles. The number of carbonyl (C=O) groups excluding carboxylic acids is 3. The van der Waals surface area contributed by atoms with Crippen molar-refractivity contribution in [2.45, 2.75) is 20.8 Å². The number of nitrogens with zero attached hydrogens (tertiary/aromatic N) is 3. The van der Waals surface area contributed by atoms with Crippen LogP contribution >= 0.6 is 0 Å². The molecule has 3 rings (SSSR count). The maximum absolute atomic E-state index is 12.6. The number of carbonyl (C=O) groups is 3. The second-order valence-electron chi connectivity index (χ2n) is 6.95. The number of Topliss-reactive ketones (excluding diaryl/α,β-unsaturated/α-hetero) is 1. The molecule has 164 valence electrons. The number of nitro groups is 1. The Labute approximate surface area is 183 Å². The first kappa shape index (κ1) is 22.3. The van der Waals surface area contributed by atoms with Gasteiger partial charge in [-0.2, -0.15) is 5.10 Å². The number of anilines is 1. The molecule has 10 heteroatoms. The number of nitro benzene ring substituents is 1. The van der Waals surface area contributed by atoms with Crippen LogP contribution in [0.1, 0.15) is 27.3 Å². The molecule has 0 unspecified atom stereocenters. The molecule has 0 saturated carbocycles. The monoisotopic (exact) mass is 436 g/mol. The number of hydrogen-bond donors (Lipinski definition) is 1. The summed E-state index contributed by atoms with van der Waals surface area (Å²) in [5, 5.41) is 17.8. The van der Waals surface area contributed by atoms with E-state index in [4.69, 9.17) is 4.74 Å². The molecule has 0 spiro atoms. The summed E-state index contributed by atoms with van der Waals surface area (Å²) >= 11 is 0. The van der Waals surface area contributed by atoms with Gasteiger partial charge in [-0.15, -0.1) is 0 Å². The highest BCUT2D eigenvalue weighted by Gasteiger charge is 2.27. The minimum Gasteiger partial charge on any atom is -0.450 e. The number of para-hydroxylation sites is 1. The molecule has 0 radical (unpaired) electrons. The Kier molecular flexibility index (Phi) is 6.43. The largest absolute Gasteiger partial charge is 0.450 e. The van der Waals surface area contributed by atoms with E-state index in [-0.39, 0.29) is 22.5 Å². The molecule has 0 aliphatic rings. The predicted molar refractivity (Wildman–Crippen MR) is 115 cm³/mol. The van der Waals surface area contributed by atoms with E-state index in [0.717, 1.165) is 5.69 Å². The molecule has 0 fully saturated rings. The third kappa shape index (κ3) is 4.53. The van der Waals surface area contributed by atoms with Crippen LogP contribution in [0.4, 0.5) is 11.4 Å². The van der Waals surface area contributed by atoms with Gasteiger partial charge in [0.2, 0.25) is 0 Å². The average molecular weight is 436 g/mol. The Morgan fingerprint density at radius 2 is 1.75 bits per heavy atom. The molecule has 0 aliphatic heterocycles. The lowest BCUT2D eigenvalue weighted by Gasteiger charge is -2.09. The number of amides is 1. The van der Waals surface area contributed by atoms with Gasteiger partial charge in [0.15, 0.2) is 6.61 Å². The highest BCUT2D eigenvalue weighted by Crippen LogP contribution is 2.25. The van der Waals surface area contributed by atoms with Gasteiger partial charge in [-0.25, -0.2) is 9.48 Å². The van der Waals surface area contributed by atoms with Gasteiger partial charge < -0.3 is 10.1 Å². The maximum Gasteiger partial charge on any atom is 0.380 e. The number of hydrogen-bond acceptors (Lipinski definition) is 7. The summed E-state index contributed by atoms with van der Waals surface area (Å²) in [6, 6.07) is 13.3. The standard InChI is InChI=1S/C22H20N4O6/c1-13-17(10-7-11-18(13)26(30)31)23-19(27)12-32-22(29)21(28)20-14(2)24-25(15(20)3)16-8-5-4-6-9-16/h4-11H,12H2,1-3H3,(H,23,27). The fourth-order valence-corrected chi connectivity index (χ4v) is 3.23. The lowest BCUT2D eigenvalue weighted by atomic mass is 10.1. The fourth-order valence-electron chi connectivity index (χ4n) is 3.23. The number of ketones is 1. The van der Waals surface area contributed by atoms with Crippen molar-refractivity contribution in [2.24, 2.45) is 0 Å². The molecule has 2 aromatic carbocycles. The molecule has 1 aromatic heterocycles. The van der Waals surface area contributed by atoms with Crippen LogP contribution in [0, 0.1) is 30.9 Å². The van der Waals surface area contributed by atoms with Crippen LogP contribution in [-0.4, -0.2) is 39.0 Å². The number of rotatable bonds is 7. The van der Waals surface area contributed by atoms with Gasteiger partial charge >= 0.3 is 5.97 Å². The van der Waals surface area contributed by atoms with E-state index in [0.29, 0.717) is 11.4 Å². The Hall–Kier alpha value is -4.34. The van der Waals surface area contributed by atoms with E-state index in [1.54, 1.807) is 18.5 Å². The number of nitrogens with one attached hydrogen (secondary N) is 1. The van der Waals surface area contributed by atoms with Gasteiger partial charge in [-0.3, -0.25) is 19.7 Å². The van der Waals surface area contributed by atoms with Crippen molar-refractivity contribution in [1.82, 2.24) is 9.78 Å². The van der Waals surface area contributed by atoms with E-state index in [9.17, 15) is 24.5 Å². The van der Waals surface area contributed by atoms with Crippen LogP contribution in [0.25, 0.3) is 5.69 Å². The van der Waals surface area contributed by atoms with Crippen molar-refractivity contribution in [1.29, 1.82) is 0 Å². The van der Waals surface area contributed by atoms with Gasteiger partial charge in [0, 0.05) is 6.07 Å². The van der Waals surface area contributed by atoms with Gasteiger partial charge in [-0.05, 0) is 39.0 Å². The zero-order valence-electron chi connectivity index (χ0n) is 17.6. The molecule has 0 saturated heterocycles. The summed E-state index contributed by atoms with van der Waals surface area (Å²) in [6.45, 7) is 4.02. The summed E-state index contributed by atoms with van der Waals surface area (Å²) in [5.74, 6) is -2.85. The third-order valence-corrected chi connectivity index (χ3v) is 4.81. The van der Waals surface area contributed by atoms with Crippen molar-refractivity contribution < 1.29 is 24.0 Å². The van der Waals surface area contributed by atoms with E-state index in [1.165, 1.54) is 25.1 Å². The molecular weight excluding hydrogens is 416 g/mol. The first-order valence-electron chi connectivity index (χ1n) is 9.57. The van der Waals surface area contributed by atoms with Crippen LogP contribution in [0.2, 0.25) is 0 Å². The molecule has 32 heavy (non-hydrogen) atoms. The summed E-state index contributed by atoms with van der Waals surface area (Å²) in [4.78, 5) is 47.5. The van der Waals surface area contributed by atoms with Crippen molar-refractivity contribution in [2.75, 3.05) is 11.9 Å². The normalized spacial score (nSPS) is 10.5. The Balaban J connectivity index is 1.68. The number of aromatic nitrogens is 2. The van der Waals surface area contributed by atoms with Crippen LogP contribution in [0.3, 0.4) is 0 Å². The quantitative estimate of drug-likeness (QED) is 0.198. The maximum atomic E-state index is 12.6. The summed E-state index contributed by atoms with van der Waals surface area (Å²) in [5.41, 5.74) is 1.96. The van der Waals surface area contributed by atoms with Crippen molar-refractivity contribution >= 4 is 29.0 Å². The highest BCUT2D eigenvalue weighted by molar-refractivity contribution is 6.41. The molecule has 0 atom stereocenters. The van der Waals surface area contributed by atoms with Crippen LogP contribution < -0.4 is 5.32 Å². The van der Waals surface area contributed by atoms with E-state index >= 15 is 0 Å². The van der Waals surface area contributed by atoms with E-state index in [2.05, 4.69) is 10.4 Å². The van der Waals surface area contributed by atoms with Gasteiger partial charge in [0.1, 0.15) is 0 Å². The zero-order valence-corrected chi connectivity index (χ0v) is 17.6. The number of benzene rings is 2.